The topological polar surface area (TPSA) is 67.6 Å². The maximum absolute atomic E-state index is 12.0. The molecule has 0 spiro atoms. The molecule has 0 unspecified atom stereocenters. The molecule has 5 nitrogen and oxygen atoms in total. The highest BCUT2D eigenvalue weighted by molar-refractivity contribution is 9.10. The zero-order valence-corrected chi connectivity index (χ0v) is 13.1. The van der Waals surface area contributed by atoms with E-state index in [-0.39, 0.29) is 21.2 Å². The molecule has 1 rings (SSSR count). The molecule has 1 amide bonds. The first kappa shape index (κ1) is 15.5. The van der Waals surface area contributed by atoms with Gasteiger partial charge in [-0.05, 0) is 29.3 Å². The normalized spacial score (nSPS) is 11.6. The van der Waals surface area contributed by atoms with Crippen molar-refractivity contribution in [3.05, 3.63) is 16.5 Å². The summed E-state index contributed by atoms with van der Waals surface area (Å²) in [7, 11) is 1.28. The van der Waals surface area contributed by atoms with Crippen LogP contribution in [0.4, 0.5) is 0 Å². The van der Waals surface area contributed by atoms with E-state index in [0.717, 1.165) is 12.5 Å². The van der Waals surface area contributed by atoms with Crippen LogP contribution in [0, 0.1) is 0 Å². The summed E-state index contributed by atoms with van der Waals surface area (Å²) in [6.45, 7) is 4.89. The molecule has 0 aliphatic carbocycles. The van der Waals surface area contributed by atoms with Gasteiger partial charge in [-0.25, -0.2) is 8.42 Å². The highest BCUT2D eigenvalue weighted by atomic mass is 79.9. The average Bonchev–Trinajstić information content (AvgIpc) is 2.67. The summed E-state index contributed by atoms with van der Waals surface area (Å²) in [6, 6.07) is 1.13. The molecule has 0 aliphatic heterocycles. The molecule has 0 atom stereocenters. The standard InChI is InChI=1S/C10H13BrClNO4S/c1-3-5-13(4-2)10(14)7-6-8(9(11)17-7)18(12,15)16/h6H,3-5H2,1-2H3. The summed E-state index contributed by atoms with van der Waals surface area (Å²) in [5.74, 6) is -0.400. The third-order valence-corrected chi connectivity index (χ3v) is 4.47. The lowest BCUT2D eigenvalue weighted by Gasteiger charge is -2.18. The Hall–Kier alpha value is -0.530. The minimum Gasteiger partial charge on any atom is -0.443 e. The molecule has 1 heterocycles. The highest BCUT2D eigenvalue weighted by Gasteiger charge is 2.25. The summed E-state index contributed by atoms with van der Waals surface area (Å²) >= 11 is 2.93. The average molecular weight is 359 g/mol. The molecule has 0 aromatic carbocycles. The lowest BCUT2D eigenvalue weighted by atomic mass is 10.3. The highest BCUT2D eigenvalue weighted by Crippen LogP contribution is 2.29. The van der Waals surface area contributed by atoms with Crippen molar-refractivity contribution in [2.24, 2.45) is 0 Å². The second kappa shape index (κ2) is 6.08. The number of hydrogen-bond donors (Lipinski definition) is 0. The lowest BCUT2D eigenvalue weighted by Crippen LogP contribution is -2.31. The van der Waals surface area contributed by atoms with Crippen LogP contribution >= 0.6 is 26.6 Å². The molecule has 8 heteroatoms. The molecule has 0 bridgehead atoms. The Morgan fingerprint density at radius 2 is 2.11 bits per heavy atom. The van der Waals surface area contributed by atoms with Crippen LogP contribution in [0.1, 0.15) is 30.8 Å². The van der Waals surface area contributed by atoms with Gasteiger partial charge in [0.05, 0.1) is 0 Å². The molecule has 18 heavy (non-hydrogen) atoms. The number of amides is 1. The van der Waals surface area contributed by atoms with Gasteiger partial charge < -0.3 is 9.32 Å². The van der Waals surface area contributed by atoms with Crippen LogP contribution in [0.2, 0.25) is 0 Å². The van der Waals surface area contributed by atoms with Crippen molar-refractivity contribution >= 4 is 41.6 Å². The van der Waals surface area contributed by atoms with E-state index in [0.29, 0.717) is 13.1 Å². The van der Waals surface area contributed by atoms with Gasteiger partial charge in [-0.15, -0.1) is 0 Å². The molecule has 102 valence electrons. The lowest BCUT2D eigenvalue weighted by molar-refractivity contribution is 0.0731. The molecule has 0 saturated heterocycles. The fourth-order valence-electron chi connectivity index (χ4n) is 1.45. The molecule has 0 aliphatic rings. The third kappa shape index (κ3) is 3.49. The van der Waals surface area contributed by atoms with Crippen LogP contribution in [0.25, 0.3) is 0 Å². The van der Waals surface area contributed by atoms with E-state index < -0.39 is 9.05 Å². The third-order valence-electron chi connectivity index (χ3n) is 2.29. The van der Waals surface area contributed by atoms with Crippen LogP contribution in [-0.2, 0) is 9.05 Å². The Morgan fingerprint density at radius 1 is 1.50 bits per heavy atom. The van der Waals surface area contributed by atoms with Gasteiger partial charge in [0.2, 0.25) is 0 Å². The van der Waals surface area contributed by atoms with Crippen LogP contribution in [0.15, 0.2) is 20.0 Å². The summed E-state index contributed by atoms with van der Waals surface area (Å²) in [5, 5.41) is 0. The quantitative estimate of drug-likeness (QED) is 0.759. The van der Waals surface area contributed by atoms with Crippen molar-refractivity contribution in [2.75, 3.05) is 13.1 Å². The van der Waals surface area contributed by atoms with Gasteiger partial charge >= 0.3 is 0 Å². The van der Waals surface area contributed by atoms with Crippen molar-refractivity contribution in [1.82, 2.24) is 4.90 Å². The molecule has 0 saturated carbocycles. The number of carbonyl (C=O) groups is 1. The summed E-state index contributed by atoms with van der Waals surface area (Å²) in [6.07, 6.45) is 0.808. The van der Waals surface area contributed by atoms with E-state index in [1.165, 1.54) is 0 Å². The Morgan fingerprint density at radius 3 is 2.50 bits per heavy atom. The van der Waals surface area contributed by atoms with Crippen molar-refractivity contribution in [2.45, 2.75) is 25.2 Å². The van der Waals surface area contributed by atoms with Gasteiger partial charge in [0.1, 0.15) is 4.90 Å². The van der Waals surface area contributed by atoms with Gasteiger partial charge in [0.15, 0.2) is 10.4 Å². The molecule has 0 radical (unpaired) electrons. The number of carbonyl (C=O) groups excluding carboxylic acids is 1. The van der Waals surface area contributed by atoms with Crippen molar-refractivity contribution in [3.8, 4) is 0 Å². The summed E-state index contributed by atoms with van der Waals surface area (Å²) in [4.78, 5) is 13.4. The van der Waals surface area contributed by atoms with Gasteiger partial charge in [-0.1, -0.05) is 6.92 Å². The van der Waals surface area contributed by atoms with E-state index in [1.54, 1.807) is 4.90 Å². The Balaban J connectivity index is 3.08. The zero-order chi connectivity index (χ0) is 13.9. The predicted molar refractivity (Wildman–Crippen MR) is 71.3 cm³/mol. The molecule has 0 fully saturated rings. The van der Waals surface area contributed by atoms with Crippen LogP contribution < -0.4 is 0 Å². The van der Waals surface area contributed by atoms with Gasteiger partial charge in [-0.2, -0.15) is 0 Å². The smallest absolute Gasteiger partial charge is 0.289 e. The minimum atomic E-state index is -3.93. The van der Waals surface area contributed by atoms with Gasteiger partial charge in [0.25, 0.3) is 15.0 Å². The monoisotopic (exact) mass is 357 g/mol. The largest absolute Gasteiger partial charge is 0.443 e. The van der Waals surface area contributed by atoms with Crippen molar-refractivity contribution < 1.29 is 17.6 Å². The fraction of sp³-hybridized carbons (Fsp3) is 0.500. The molecular weight excluding hydrogens is 346 g/mol. The minimum absolute atomic E-state index is 0.0450. The first-order valence-corrected chi connectivity index (χ1v) is 8.44. The number of halogens is 2. The molecule has 1 aromatic rings. The molecule has 1 aromatic heterocycles. The molecule has 0 N–H and O–H groups in total. The number of furan rings is 1. The Labute approximate surface area is 119 Å². The van der Waals surface area contributed by atoms with Crippen LogP contribution in [0.5, 0.6) is 0 Å². The Bertz CT molecular complexity index is 540. The van der Waals surface area contributed by atoms with E-state index >= 15 is 0 Å². The van der Waals surface area contributed by atoms with Crippen molar-refractivity contribution in [1.29, 1.82) is 0 Å². The summed E-state index contributed by atoms with van der Waals surface area (Å²) in [5.41, 5.74) is 0. The maximum Gasteiger partial charge on any atom is 0.289 e. The van der Waals surface area contributed by atoms with E-state index in [1.807, 2.05) is 13.8 Å². The maximum atomic E-state index is 12.0. The van der Waals surface area contributed by atoms with E-state index in [2.05, 4.69) is 15.9 Å². The molecular formula is C10H13BrClNO4S. The van der Waals surface area contributed by atoms with Crippen LogP contribution in [-0.4, -0.2) is 32.3 Å². The second-order valence-corrected chi connectivity index (χ2v) is 6.83. The van der Waals surface area contributed by atoms with Gasteiger partial charge in [0, 0.05) is 29.8 Å². The zero-order valence-electron chi connectivity index (χ0n) is 9.94. The van der Waals surface area contributed by atoms with E-state index in [9.17, 15) is 13.2 Å². The predicted octanol–water partition coefficient (Wildman–Crippen LogP) is 2.84. The summed E-state index contributed by atoms with van der Waals surface area (Å²) < 4.78 is 27.4. The fourth-order valence-corrected chi connectivity index (χ4v) is 3.49. The number of rotatable bonds is 5. The second-order valence-electron chi connectivity index (χ2n) is 3.57. The SMILES string of the molecule is CCCN(CC)C(=O)c1cc(S(=O)(=O)Cl)c(Br)o1. The Kier molecular flexibility index (Phi) is 5.24. The first-order chi connectivity index (χ1) is 8.31. The number of nitrogens with zero attached hydrogens (tertiary/aromatic N) is 1. The van der Waals surface area contributed by atoms with Crippen LogP contribution in [0.3, 0.4) is 0 Å². The van der Waals surface area contributed by atoms with E-state index in [4.69, 9.17) is 15.1 Å². The number of hydrogen-bond acceptors (Lipinski definition) is 4. The first-order valence-electron chi connectivity index (χ1n) is 5.34. The van der Waals surface area contributed by atoms with Crippen molar-refractivity contribution in [3.63, 3.8) is 0 Å². The van der Waals surface area contributed by atoms with Gasteiger partial charge in [-0.3, -0.25) is 4.79 Å².